The van der Waals surface area contributed by atoms with E-state index in [2.05, 4.69) is 0 Å². The van der Waals surface area contributed by atoms with E-state index in [4.69, 9.17) is 18.6 Å². The van der Waals surface area contributed by atoms with Gasteiger partial charge in [0.25, 0.3) is 0 Å². The average Bonchev–Trinajstić information content (AvgIpc) is 2.58. The molecule has 1 aromatic heterocycles. The number of methoxy groups -OCH3 is 3. The zero-order valence-electron chi connectivity index (χ0n) is 13.8. The molecule has 0 aliphatic rings. The fourth-order valence-corrected chi connectivity index (χ4v) is 2.68. The fourth-order valence-electron chi connectivity index (χ4n) is 2.68. The number of aromatic hydroxyl groups is 2. The third-order valence-corrected chi connectivity index (χ3v) is 3.76. The van der Waals surface area contributed by atoms with Crippen molar-refractivity contribution in [3.63, 3.8) is 0 Å². The van der Waals surface area contributed by atoms with Crippen molar-refractivity contribution in [3.05, 3.63) is 40.6 Å². The number of fused-ring (bicyclic) bond motifs is 1. The van der Waals surface area contributed by atoms with E-state index in [1.807, 2.05) is 0 Å². The van der Waals surface area contributed by atoms with Gasteiger partial charge in [0.15, 0.2) is 16.9 Å². The highest BCUT2D eigenvalue weighted by Gasteiger charge is 2.20. The van der Waals surface area contributed by atoms with Crippen LogP contribution >= 0.6 is 0 Å². The Bertz CT molecular complexity index is 1000. The van der Waals surface area contributed by atoms with Crippen LogP contribution in [0.2, 0.25) is 0 Å². The van der Waals surface area contributed by atoms with E-state index >= 15 is 0 Å². The van der Waals surface area contributed by atoms with Gasteiger partial charge in [-0.3, -0.25) is 4.79 Å². The van der Waals surface area contributed by atoms with Gasteiger partial charge >= 0.3 is 0 Å². The molecule has 25 heavy (non-hydrogen) atoms. The van der Waals surface area contributed by atoms with Crippen LogP contribution < -0.4 is 19.6 Å². The van der Waals surface area contributed by atoms with E-state index in [1.165, 1.54) is 33.5 Å². The highest BCUT2D eigenvalue weighted by molar-refractivity contribution is 5.86. The van der Waals surface area contributed by atoms with Gasteiger partial charge < -0.3 is 28.8 Å². The molecule has 2 N–H and O–H groups in total. The van der Waals surface area contributed by atoms with Crippen LogP contribution in [0.5, 0.6) is 28.7 Å². The summed E-state index contributed by atoms with van der Waals surface area (Å²) in [7, 11) is 4.42. The van der Waals surface area contributed by atoms with Crippen LogP contribution in [-0.2, 0) is 0 Å². The Balaban J connectivity index is 2.32. The highest BCUT2D eigenvalue weighted by Crippen LogP contribution is 2.44. The quantitative estimate of drug-likeness (QED) is 0.751. The maximum absolute atomic E-state index is 12.4. The van der Waals surface area contributed by atoms with Crippen LogP contribution in [0, 0.1) is 0 Å². The first-order valence-corrected chi connectivity index (χ1v) is 7.29. The molecule has 0 unspecified atom stereocenters. The Labute approximate surface area is 142 Å². The number of phenolic OH excluding ortho intramolecular Hbond substituents is 2. The summed E-state index contributed by atoms with van der Waals surface area (Å²) in [5.41, 5.74) is 0.0596. The third-order valence-electron chi connectivity index (χ3n) is 3.76. The Morgan fingerprint density at radius 1 is 0.920 bits per heavy atom. The van der Waals surface area contributed by atoms with E-state index in [0.29, 0.717) is 22.8 Å². The Kier molecular flexibility index (Phi) is 4.14. The number of ether oxygens (including phenoxy) is 3. The van der Waals surface area contributed by atoms with Crippen molar-refractivity contribution in [2.45, 2.75) is 0 Å². The minimum Gasteiger partial charge on any atom is -0.508 e. The van der Waals surface area contributed by atoms with Crippen molar-refractivity contribution in [2.24, 2.45) is 0 Å². The van der Waals surface area contributed by atoms with Crippen LogP contribution in [0.3, 0.4) is 0 Å². The second-order valence-corrected chi connectivity index (χ2v) is 5.19. The molecule has 0 saturated heterocycles. The summed E-state index contributed by atoms with van der Waals surface area (Å²) in [6, 6.07) is 6.89. The SMILES string of the molecule is COc1ccc(-c2cc(=O)c3c(O)cc(O)cc3o2)c(OC)c1OC. The summed E-state index contributed by atoms with van der Waals surface area (Å²) in [6.45, 7) is 0. The minimum absolute atomic E-state index is 0.0130. The lowest BCUT2D eigenvalue weighted by Crippen LogP contribution is -2.02. The number of phenols is 2. The van der Waals surface area contributed by atoms with Crippen molar-refractivity contribution in [2.75, 3.05) is 21.3 Å². The molecular formula is C18H16O7. The molecule has 0 aliphatic carbocycles. The fraction of sp³-hybridized carbons (Fsp3) is 0.167. The van der Waals surface area contributed by atoms with Gasteiger partial charge in [-0.15, -0.1) is 0 Å². The first-order chi connectivity index (χ1) is 12.0. The maximum atomic E-state index is 12.4. The van der Waals surface area contributed by atoms with Gasteiger partial charge in [-0.2, -0.15) is 0 Å². The summed E-state index contributed by atoms with van der Waals surface area (Å²) in [5.74, 6) is 0.763. The zero-order chi connectivity index (χ0) is 18.1. The molecule has 130 valence electrons. The molecule has 0 bridgehead atoms. The van der Waals surface area contributed by atoms with Crippen molar-refractivity contribution < 1.29 is 28.8 Å². The van der Waals surface area contributed by atoms with Gasteiger partial charge in [-0.25, -0.2) is 0 Å². The maximum Gasteiger partial charge on any atom is 0.204 e. The number of hydrogen-bond donors (Lipinski definition) is 2. The van der Waals surface area contributed by atoms with Gasteiger partial charge in [-0.1, -0.05) is 0 Å². The standard InChI is InChI=1S/C18H16O7/c1-22-13-5-4-10(17(23-2)18(13)24-3)14-8-12(21)16-11(20)6-9(19)7-15(16)25-14/h4-8,19-20H,1-3H3. The number of benzene rings is 2. The molecule has 3 aromatic rings. The molecule has 0 radical (unpaired) electrons. The molecule has 0 aliphatic heterocycles. The molecule has 0 saturated carbocycles. The van der Waals surface area contributed by atoms with Crippen molar-refractivity contribution in [3.8, 4) is 40.1 Å². The van der Waals surface area contributed by atoms with Crippen molar-refractivity contribution in [1.82, 2.24) is 0 Å². The topological polar surface area (TPSA) is 98.4 Å². The van der Waals surface area contributed by atoms with E-state index < -0.39 is 5.43 Å². The predicted molar refractivity (Wildman–Crippen MR) is 90.9 cm³/mol. The molecule has 0 amide bonds. The lowest BCUT2D eigenvalue weighted by Gasteiger charge is -2.15. The minimum atomic E-state index is -0.453. The summed E-state index contributed by atoms with van der Waals surface area (Å²) in [4.78, 5) is 12.4. The third kappa shape index (κ3) is 2.69. The average molecular weight is 344 g/mol. The summed E-state index contributed by atoms with van der Waals surface area (Å²) in [5, 5.41) is 19.5. The van der Waals surface area contributed by atoms with Crippen molar-refractivity contribution >= 4 is 11.0 Å². The Morgan fingerprint density at radius 3 is 2.28 bits per heavy atom. The molecule has 0 fully saturated rings. The number of rotatable bonds is 4. The van der Waals surface area contributed by atoms with E-state index in [9.17, 15) is 15.0 Å². The first-order valence-electron chi connectivity index (χ1n) is 7.29. The summed E-state index contributed by atoms with van der Waals surface area (Å²) in [6.07, 6.45) is 0. The number of hydrogen-bond acceptors (Lipinski definition) is 7. The summed E-state index contributed by atoms with van der Waals surface area (Å²) < 4.78 is 21.7. The molecule has 7 nitrogen and oxygen atoms in total. The van der Waals surface area contributed by atoms with Crippen molar-refractivity contribution in [1.29, 1.82) is 0 Å². The van der Waals surface area contributed by atoms with Gasteiger partial charge in [-0.05, 0) is 12.1 Å². The molecule has 1 heterocycles. The zero-order valence-corrected chi connectivity index (χ0v) is 13.8. The smallest absolute Gasteiger partial charge is 0.204 e. The second-order valence-electron chi connectivity index (χ2n) is 5.19. The monoisotopic (exact) mass is 344 g/mol. The lowest BCUT2D eigenvalue weighted by molar-refractivity contribution is 0.325. The van der Waals surface area contributed by atoms with E-state index in [-0.39, 0.29) is 28.2 Å². The normalized spacial score (nSPS) is 10.7. The van der Waals surface area contributed by atoms with E-state index in [1.54, 1.807) is 12.1 Å². The van der Waals surface area contributed by atoms with E-state index in [0.717, 1.165) is 6.07 Å². The van der Waals surface area contributed by atoms with Gasteiger partial charge in [0, 0.05) is 18.2 Å². The molecular weight excluding hydrogens is 328 g/mol. The summed E-state index contributed by atoms with van der Waals surface area (Å²) >= 11 is 0. The molecule has 7 heteroatoms. The van der Waals surface area contributed by atoms with Crippen LogP contribution in [-0.4, -0.2) is 31.5 Å². The largest absolute Gasteiger partial charge is 0.508 e. The molecule has 0 atom stereocenters. The van der Waals surface area contributed by atoms with Crippen LogP contribution in [0.1, 0.15) is 0 Å². The Hall–Kier alpha value is -3.35. The predicted octanol–water partition coefficient (Wildman–Crippen LogP) is 2.90. The van der Waals surface area contributed by atoms with Crippen LogP contribution in [0.4, 0.5) is 0 Å². The molecule has 3 rings (SSSR count). The Morgan fingerprint density at radius 2 is 1.64 bits per heavy atom. The van der Waals surface area contributed by atoms with Gasteiger partial charge in [0.1, 0.15) is 28.2 Å². The second kappa shape index (κ2) is 6.27. The molecule has 0 spiro atoms. The molecule has 2 aromatic carbocycles. The van der Waals surface area contributed by atoms with Gasteiger partial charge in [0.2, 0.25) is 5.75 Å². The lowest BCUT2D eigenvalue weighted by atomic mass is 10.1. The van der Waals surface area contributed by atoms with Gasteiger partial charge in [0.05, 0.1) is 26.9 Å². The highest BCUT2D eigenvalue weighted by atomic mass is 16.5. The van der Waals surface area contributed by atoms with Crippen LogP contribution in [0.15, 0.2) is 39.5 Å². The first kappa shape index (κ1) is 16.5. The van der Waals surface area contributed by atoms with Crippen LogP contribution in [0.25, 0.3) is 22.3 Å².